The molecule has 0 bridgehead atoms. The van der Waals surface area contributed by atoms with Crippen LogP contribution >= 0.6 is 0 Å². The van der Waals surface area contributed by atoms with E-state index >= 15 is 0 Å². The SMILES string of the molecule is CCCn1ccc(=O)n(CCc2ccncc2)c1=O. The zero-order valence-corrected chi connectivity index (χ0v) is 11.0. The largest absolute Gasteiger partial charge is 0.330 e. The molecule has 2 aromatic heterocycles. The molecule has 19 heavy (non-hydrogen) atoms. The Bertz CT molecular complexity index is 644. The smallest absolute Gasteiger partial charge is 0.300 e. The lowest BCUT2D eigenvalue weighted by atomic mass is 10.2. The molecule has 0 atom stereocenters. The number of nitrogens with zero attached hydrogens (tertiary/aromatic N) is 3. The van der Waals surface area contributed by atoms with Gasteiger partial charge in [0, 0.05) is 37.7 Å². The van der Waals surface area contributed by atoms with Gasteiger partial charge in [0.1, 0.15) is 0 Å². The zero-order chi connectivity index (χ0) is 13.7. The molecule has 5 heteroatoms. The van der Waals surface area contributed by atoms with Crippen LogP contribution in [0.3, 0.4) is 0 Å². The van der Waals surface area contributed by atoms with E-state index in [1.807, 2.05) is 19.1 Å². The highest BCUT2D eigenvalue weighted by molar-refractivity contribution is 5.09. The first-order chi connectivity index (χ1) is 9.22. The molecular formula is C14H17N3O2. The lowest BCUT2D eigenvalue weighted by molar-refractivity contribution is 0.545. The van der Waals surface area contributed by atoms with Crippen LogP contribution in [0.4, 0.5) is 0 Å². The minimum Gasteiger partial charge on any atom is -0.300 e. The molecule has 0 saturated carbocycles. The summed E-state index contributed by atoms with van der Waals surface area (Å²) in [6.45, 7) is 3.03. The Morgan fingerprint density at radius 2 is 1.84 bits per heavy atom. The minimum absolute atomic E-state index is 0.233. The first kappa shape index (κ1) is 13.3. The molecule has 0 aliphatic rings. The van der Waals surface area contributed by atoms with Crippen LogP contribution in [-0.4, -0.2) is 14.1 Å². The highest BCUT2D eigenvalue weighted by atomic mass is 16.2. The molecular weight excluding hydrogens is 242 g/mol. The summed E-state index contributed by atoms with van der Waals surface area (Å²) >= 11 is 0. The maximum atomic E-state index is 12.1. The fraction of sp³-hybridized carbons (Fsp3) is 0.357. The van der Waals surface area contributed by atoms with E-state index in [4.69, 9.17) is 0 Å². The molecule has 2 rings (SSSR count). The van der Waals surface area contributed by atoms with Crippen molar-refractivity contribution in [1.29, 1.82) is 0 Å². The molecule has 0 N–H and O–H groups in total. The number of hydrogen-bond donors (Lipinski definition) is 0. The summed E-state index contributed by atoms with van der Waals surface area (Å²) in [5.74, 6) is 0. The van der Waals surface area contributed by atoms with Gasteiger partial charge in [-0.25, -0.2) is 4.79 Å². The van der Waals surface area contributed by atoms with Crippen molar-refractivity contribution in [2.75, 3.05) is 0 Å². The summed E-state index contributed by atoms with van der Waals surface area (Å²) in [6.07, 6.45) is 6.49. The van der Waals surface area contributed by atoms with E-state index in [1.54, 1.807) is 23.2 Å². The van der Waals surface area contributed by atoms with Crippen molar-refractivity contribution in [2.24, 2.45) is 0 Å². The Hall–Kier alpha value is -2.17. The summed E-state index contributed by atoms with van der Waals surface area (Å²) in [6, 6.07) is 5.22. The van der Waals surface area contributed by atoms with Gasteiger partial charge in [-0.1, -0.05) is 6.92 Å². The van der Waals surface area contributed by atoms with Crippen molar-refractivity contribution in [2.45, 2.75) is 32.9 Å². The van der Waals surface area contributed by atoms with Gasteiger partial charge in [0.2, 0.25) is 0 Å². The summed E-state index contributed by atoms with van der Waals surface area (Å²) in [4.78, 5) is 27.8. The molecule has 0 saturated heterocycles. The van der Waals surface area contributed by atoms with Gasteiger partial charge in [0.25, 0.3) is 5.56 Å². The van der Waals surface area contributed by atoms with Crippen LogP contribution in [0.25, 0.3) is 0 Å². The van der Waals surface area contributed by atoms with Gasteiger partial charge in [0.05, 0.1) is 0 Å². The second-order valence-corrected chi connectivity index (χ2v) is 4.39. The Labute approximate surface area is 111 Å². The summed E-state index contributed by atoms with van der Waals surface area (Å²) in [5, 5.41) is 0. The van der Waals surface area contributed by atoms with Gasteiger partial charge in [-0.05, 0) is 30.5 Å². The topological polar surface area (TPSA) is 56.9 Å². The monoisotopic (exact) mass is 259 g/mol. The van der Waals surface area contributed by atoms with Crippen LogP contribution in [0, 0.1) is 0 Å². The first-order valence-electron chi connectivity index (χ1n) is 6.41. The highest BCUT2D eigenvalue weighted by Gasteiger charge is 2.04. The summed E-state index contributed by atoms with van der Waals surface area (Å²) < 4.78 is 2.87. The van der Waals surface area contributed by atoms with Gasteiger partial charge in [-0.15, -0.1) is 0 Å². The fourth-order valence-corrected chi connectivity index (χ4v) is 1.96. The van der Waals surface area contributed by atoms with Crippen molar-refractivity contribution < 1.29 is 0 Å². The summed E-state index contributed by atoms with van der Waals surface area (Å²) in [5.41, 5.74) is 0.585. The van der Waals surface area contributed by atoms with E-state index in [0.717, 1.165) is 12.0 Å². The van der Waals surface area contributed by atoms with E-state index in [2.05, 4.69) is 4.98 Å². The average molecular weight is 259 g/mol. The lowest BCUT2D eigenvalue weighted by Crippen LogP contribution is -2.39. The molecule has 2 heterocycles. The molecule has 0 aliphatic carbocycles. The number of rotatable bonds is 5. The Balaban J connectivity index is 2.22. The van der Waals surface area contributed by atoms with Gasteiger partial charge < -0.3 is 4.57 Å². The van der Waals surface area contributed by atoms with Gasteiger partial charge in [-0.2, -0.15) is 0 Å². The van der Waals surface area contributed by atoms with E-state index < -0.39 is 0 Å². The highest BCUT2D eigenvalue weighted by Crippen LogP contribution is 1.98. The zero-order valence-electron chi connectivity index (χ0n) is 11.0. The van der Waals surface area contributed by atoms with Gasteiger partial charge >= 0.3 is 5.69 Å². The normalized spacial score (nSPS) is 10.6. The Kier molecular flexibility index (Phi) is 4.28. The molecule has 100 valence electrons. The second-order valence-electron chi connectivity index (χ2n) is 4.39. The molecule has 2 aromatic rings. The molecule has 0 fully saturated rings. The number of aryl methyl sites for hydroxylation is 2. The van der Waals surface area contributed by atoms with Crippen LogP contribution in [0.15, 0.2) is 46.4 Å². The molecule has 5 nitrogen and oxygen atoms in total. The second kappa shape index (κ2) is 6.13. The molecule has 0 radical (unpaired) electrons. The maximum Gasteiger partial charge on any atom is 0.330 e. The summed E-state index contributed by atoms with van der Waals surface area (Å²) in [7, 11) is 0. The predicted molar refractivity (Wildman–Crippen MR) is 73.2 cm³/mol. The van der Waals surface area contributed by atoms with Crippen molar-refractivity contribution in [3.8, 4) is 0 Å². The molecule has 0 aromatic carbocycles. The van der Waals surface area contributed by atoms with Crippen LogP contribution < -0.4 is 11.2 Å². The quantitative estimate of drug-likeness (QED) is 0.806. The van der Waals surface area contributed by atoms with E-state index in [0.29, 0.717) is 19.5 Å². The lowest BCUT2D eigenvalue weighted by Gasteiger charge is -2.08. The van der Waals surface area contributed by atoms with Crippen LogP contribution in [0.1, 0.15) is 18.9 Å². The Morgan fingerprint density at radius 1 is 1.11 bits per heavy atom. The third-order valence-corrected chi connectivity index (χ3v) is 2.98. The average Bonchev–Trinajstić information content (AvgIpc) is 2.43. The van der Waals surface area contributed by atoms with E-state index in [9.17, 15) is 9.59 Å². The third-order valence-electron chi connectivity index (χ3n) is 2.98. The first-order valence-corrected chi connectivity index (χ1v) is 6.41. The molecule has 0 spiro atoms. The van der Waals surface area contributed by atoms with Crippen LogP contribution in [0.5, 0.6) is 0 Å². The fourth-order valence-electron chi connectivity index (χ4n) is 1.96. The van der Waals surface area contributed by atoms with Gasteiger partial charge in [0.15, 0.2) is 0 Å². The van der Waals surface area contributed by atoms with Crippen molar-refractivity contribution in [3.05, 3.63) is 63.2 Å². The minimum atomic E-state index is -0.244. The van der Waals surface area contributed by atoms with Crippen molar-refractivity contribution in [3.63, 3.8) is 0 Å². The predicted octanol–water partition coefficient (Wildman–Crippen LogP) is 1.06. The molecule has 0 aliphatic heterocycles. The van der Waals surface area contributed by atoms with Crippen molar-refractivity contribution >= 4 is 0 Å². The van der Waals surface area contributed by atoms with Crippen LogP contribution in [-0.2, 0) is 19.5 Å². The van der Waals surface area contributed by atoms with E-state index in [-0.39, 0.29) is 11.2 Å². The number of aromatic nitrogens is 3. The van der Waals surface area contributed by atoms with Gasteiger partial charge in [-0.3, -0.25) is 14.3 Å². The maximum absolute atomic E-state index is 12.1. The Morgan fingerprint density at radius 3 is 2.53 bits per heavy atom. The molecule has 0 amide bonds. The van der Waals surface area contributed by atoms with E-state index in [1.165, 1.54) is 10.6 Å². The third kappa shape index (κ3) is 3.19. The number of pyridine rings is 1. The van der Waals surface area contributed by atoms with Crippen LogP contribution in [0.2, 0.25) is 0 Å². The standard InChI is InChI=1S/C14H17N3O2/c1-2-9-16-10-6-13(18)17(14(16)19)11-5-12-3-7-15-8-4-12/h3-4,6-8,10H,2,5,9,11H2,1H3. The molecule has 0 unspecified atom stereocenters. The van der Waals surface area contributed by atoms with Crippen molar-refractivity contribution in [1.82, 2.24) is 14.1 Å². The number of hydrogen-bond acceptors (Lipinski definition) is 3.